The van der Waals surface area contributed by atoms with E-state index in [9.17, 15) is 15.0 Å². The van der Waals surface area contributed by atoms with Crippen molar-refractivity contribution < 1.29 is 19.7 Å². The van der Waals surface area contributed by atoms with E-state index < -0.39 is 12.2 Å². The lowest BCUT2D eigenvalue weighted by Gasteiger charge is -2.17. The third-order valence-electron chi connectivity index (χ3n) is 2.18. The number of ether oxygens (including phenoxy) is 1. The van der Waals surface area contributed by atoms with E-state index in [1.165, 1.54) is 14.0 Å². The van der Waals surface area contributed by atoms with Crippen LogP contribution < -0.4 is 10.1 Å². The molecule has 6 nitrogen and oxygen atoms in total. The van der Waals surface area contributed by atoms with E-state index >= 15 is 0 Å². The molecule has 0 aliphatic heterocycles. The van der Waals surface area contributed by atoms with Crippen molar-refractivity contribution in [2.45, 2.75) is 19.1 Å². The van der Waals surface area contributed by atoms with E-state index in [1.54, 1.807) is 18.2 Å². The highest BCUT2D eigenvalue weighted by atomic mass is 16.5. The smallest absolute Gasteiger partial charge is 0.216 e. The van der Waals surface area contributed by atoms with Gasteiger partial charge < -0.3 is 20.3 Å². The molecule has 0 bridgehead atoms. The summed E-state index contributed by atoms with van der Waals surface area (Å²) in [5.41, 5.74) is 0.294. The van der Waals surface area contributed by atoms with Gasteiger partial charge in [-0.1, -0.05) is 6.07 Å². The predicted molar refractivity (Wildman–Crippen MR) is 60.4 cm³/mol. The quantitative estimate of drug-likeness (QED) is 0.652. The molecule has 0 spiro atoms. The summed E-state index contributed by atoms with van der Waals surface area (Å²) >= 11 is 0. The first-order valence-corrected chi connectivity index (χ1v) is 5.16. The van der Waals surface area contributed by atoms with Crippen molar-refractivity contribution in [3.05, 3.63) is 23.9 Å². The monoisotopic (exact) mass is 240 g/mol. The Morgan fingerprint density at radius 1 is 1.53 bits per heavy atom. The number of nitrogens with one attached hydrogen (secondary N) is 1. The van der Waals surface area contributed by atoms with Crippen LogP contribution in [0.1, 0.15) is 18.7 Å². The number of hydrogen-bond donors (Lipinski definition) is 3. The van der Waals surface area contributed by atoms with Crippen molar-refractivity contribution in [2.75, 3.05) is 13.7 Å². The van der Waals surface area contributed by atoms with Gasteiger partial charge in [-0.15, -0.1) is 0 Å². The maximum atomic E-state index is 10.7. The van der Waals surface area contributed by atoms with E-state index in [4.69, 9.17) is 4.74 Å². The first kappa shape index (κ1) is 13.4. The van der Waals surface area contributed by atoms with E-state index in [2.05, 4.69) is 10.3 Å². The summed E-state index contributed by atoms with van der Waals surface area (Å²) in [5, 5.41) is 21.9. The summed E-state index contributed by atoms with van der Waals surface area (Å²) in [6.45, 7) is 1.30. The molecule has 1 rings (SSSR count). The van der Waals surface area contributed by atoms with Gasteiger partial charge in [0, 0.05) is 19.5 Å². The molecule has 1 amide bonds. The molecule has 1 heterocycles. The number of methoxy groups -OCH3 is 1. The summed E-state index contributed by atoms with van der Waals surface area (Å²) < 4.78 is 4.91. The van der Waals surface area contributed by atoms with Crippen molar-refractivity contribution >= 4 is 5.91 Å². The molecule has 17 heavy (non-hydrogen) atoms. The van der Waals surface area contributed by atoms with Crippen LogP contribution in [0.5, 0.6) is 5.88 Å². The third-order valence-corrected chi connectivity index (χ3v) is 2.18. The zero-order chi connectivity index (χ0) is 12.8. The summed E-state index contributed by atoms with van der Waals surface area (Å²) in [6, 6.07) is 4.87. The molecular weight excluding hydrogens is 224 g/mol. The summed E-state index contributed by atoms with van der Waals surface area (Å²) in [7, 11) is 1.46. The van der Waals surface area contributed by atoms with Crippen LogP contribution in [-0.4, -0.2) is 40.9 Å². The molecule has 0 aliphatic rings. The number of hydrogen-bond acceptors (Lipinski definition) is 5. The second kappa shape index (κ2) is 6.17. The number of nitrogens with zero attached hydrogens (tertiary/aromatic N) is 1. The number of pyridine rings is 1. The van der Waals surface area contributed by atoms with Crippen molar-refractivity contribution in [3.8, 4) is 5.88 Å². The van der Waals surface area contributed by atoms with E-state index in [0.717, 1.165) is 0 Å². The van der Waals surface area contributed by atoms with Crippen LogP contribution in [0.25, 0.3) is 0 Å². The van der Waals surface area contributed by atoms with Gasteiger partial charge in [0.15, 0.2) is 0 Å². The number of aromatic nitrogens is 1. The average molecular weight is 240 g/mol. The maximum absolute atomic E-state index is 10.7. The van der Waals surface area contributed by atoms with Gasteiger partial charge >= 0.3 is 0 Å². The SMILES string of the molecule is COc1cccc(C(O)C(O)CNC(C)=O)n1. The van der Waals surface area contributed by atoms with Gasteiger partial charge in [0.05, 0.1) is 12.8 Å². The molecule has 3 N–H and O–H groups in total. The molecule has 1 aromatic rings. The zero-order valence-electron chi connectivity index (χ0n) is 9.75. The van der Waals surface area contributed by atoms with Gasteiger partial charge in [-0.2, -0.15) is 0 Å². The van der Waals surface area contributed by atoms with Gasteiger partial charge in [0.2, 0.25) is 11.8 Å². The lowest BCUT2D eigenvalue weighted by molar-refractivity contribution is -0.119. The molecular formula is C11H16N2O4. The lowest BCUT2D eigenvalue weighted by Crippen LogP contribution is -2.34. The second-order valence-electron chi connectivity index (χ2n) is 3.55. The van der Waals surface area contributed by atoms with Gasteiger partial charge in [-0.3, -0.25) is 4.79 Å². The topological polar surface area (TPSA) is 91.7 Å². The van der Waals surface area contributed by atoms with Crippen LogP contribution in [0, 0.1) is 0 Å². The molecule has 0 radical (unpaired) electrons. The molecule has 2 atom stereocenters. The zero-order valence-corrected chi connectivity index (χ0v) is 9.75. The Morgan fingerprint density at radius 2 is 2.24 bits per heavy atom. The van der Waals surface area contributed by atoms with Crippen LogP contribution in [0.3, 0.4) is 0 Å². The number of carbonyl (C=O) groups excluding carboxylic acids is 1. The van der Waals surface area contributed by atoms with E-state index in [-0.39, 0.29) is 12.5 Å². The van der Waals surface area contributed by atoms with E-state index in [0.29, 0.717) is 11.6 Å². The molecule has 0 aromatic carbocycles. The molecule has 0 saturated heterocycles. The predicted octanol–water partition coefficient (Wildman–Crippen LogP) is -0.379. The first-order valence-electron chi connectivity index (χ1n) is 5.16. The Bertz CT molecular complexity index is 383. The van der Waals surface area contributed by atoms with Gasteiger partial charge in [0.1, 0.15) is 12.2 Å². The summed E-state index contributed by atoms with van der Waals surface area (Å²) in [5.74, 6) is 0.0862. The fourth-order valence-corrected chi connectivity index (χ4v) is 1.27. The number of rotatable bonds is 5. The molecule has 2 unspecified atom stereocenters. The molecule has 94 valence electrons. The van der Waals surface area contributed by atoms with Crippen molar-refractivity contribution in [3.63, 3.8) is 0 Å². The third kappa shape index (κ3) is 4.01. The van der Waals surface area contributed by atoms with Crippen LogP contribution in [0.4, 0.5) is 0 Å². The Hall–Kier alpha value is -1.66. The lowest BCUT2D eigenvalue weighted by atomic mass is 10.1. The summed E-state index contributed by atoms with van der Waals surface area (Å²) in [4.78, 5) is 14.7. The summed E-state index contributed by atoms with van der Waals surface area (Å²) in [6.07, 6.45) is -2.28. The minimum atomic E-state index is -1.17. The molecule has 0 aliphatic carbocycles. The fourth-order valence-electron chi connectivity index (χ4n) is 1.27. The maximum Gasteiger partial charge on any atom is 0.216 e. The fraction of sp³-hybridized carbons (Fsp3) is 0.455. The molecule has 0 saturated carbocycles. The Morgan fingerprint density at radius 3 is 2.82 bits per heavy atom. The Kier molecular flexibility index (Phi) is 4.86. The minimum absolute atomic E-state index is 0.0324. The van der Waals surface area contributed by atoms with Crippen LogP contribution in [-0.2, 0) is 4.79 Å². The average Bonchev–Trinajstić information content (AvgIpc) is 2.35. The highest BCUT2D eigenvalue weighted by Crippen LogP contribution is 2.17. The van der Waals surface area contributed by atoms with Crippen molar-refractivity contribution in [2.24, 2.45) is 0 Å². The number of aliphatic hydroxyl groups excluding tert-OH is 2. The standard InChI is InChI=1S/C11H16N2O4/c1-7(14)12-6-9(15)11(16)8-4-3-5-10(13-8)17-2/h3-5,9,11,15-16H,6H2,1-2H3,(H,12,14). The van der Waals surface area contributed by atoms with Gasteiger partial charge in [-0.05, 0) is 6.07 Å². The number of carbonyl (C=O) groups is 1. The Balaban J connectivity index is 2.66. The number of amides is 1. The van der Waals surface area contributed by atoms with Crippen LogP contribution >= 0.6 is 0 Å². The molecule has 1 aromatic heterocycles. The van der Waals surface area contributed by atoms with Gasteiger partial charge in [-0.25, -0.2) is 4.98 Å². The highest BCUT2D eigenvalue weighted by Gasteiger charge is 2.20. The highest BCUT2D eigenvalue weighted by molar-refractivity contribution is 5.72. The van der Waals surface area contributed by atoms with E-state index in [1.807, 2.05) is 0 Å². The number of aliphatic hydroxyl groups is 2. The Labute approximate surface area is 99.3 Å². The van der Waals surface area contributed by atoms with Crippen molar-refractivity contribution in [1.29, 1.82) is 0 Å². The first-order chi connectivity index (χ1) is 8.04. The molecule has 0 fully saturated rings. The largest absolute Gasteiger partial charge is 0.481 e. The van der Waals surface area contributed by atoms with Crippen molar-refractivity contribution in [1.82, 2.24) is 10.3 Å². The second-order valence-corrected chi connectivity index (χ2v) is 3.55. The normalized spacial score (nSPS) is 13.9. The van der Waals surface area contributed by atoms with Crippen LogP contribution in [0.15, 0.2) is 18.2 Å². The van der Waals surface area contributed by atoms with Crippen LogP contribution in [0.2, 0.25) is 0 Å². The molecule has 6 heteroatoms. The van der Waals surface area contributed by atoms with Gasteiger partial charge in [0.25, 0.3) is 0 Å². The minimum Gasteiger partial charge on any atom is -0.481 e.